The quantitative estimate of drug-likeness (QED) is 0.205. The van der Waals surface area contributed by atoms with Gasteiger partial charge in [0.1, 0.15) is 0 Å². The number of para-hydroxylation sites is 2. The first-order valence-electron chi connectivity index (χ1n) is 9.60. The molecule has 2 rings (SSSR count). The molecule has 2 aromatic carbocycles. The fraction of sp³-hybridized carbons (Fsp3) is 0.333. The molecule has 2 unspecified atom stereocenters. The van der Waals surface area contributed by atoms with Crippen molar-refractivity contribution in [2.24, 2.45) is 11.7 Å². The van der Waals surface area contributed by atoms with E-state index in [2.05, 4.69) is 33.6 Å². The van der Waals surface area contributed by atoms with Crippen molar-refractivity contribution in [2.75, 3.05) is 10.6 Å². The van der Waals surface area contributed by atoms with E-state index in [0.29, 0.717) is 6.42 Å². The fourth-order valence-corrected chi connectivity index (χ4v) is 3.14. The zero-order valence-electron chi connectivity index (χ0n) is 16.9. The Morgan fingerprint density at radius 2 is 1.14 bits per heavy atom. The van der Waals surface area contributed by atoms with E-state index in [9.17, 15) is 9.59 Å². The predicted molar refractivity (Wildman–Crippen MR) is 116 cm³/mol. The molecule has 0 aliphatic rings. The van der Waals surface area contributed by atoms with Gasteiger partial charge in [0.15, 0.2) is 0 Å². The van der Waals surface area contributed by atoms with Crippen molar-refractivity contribution in [2.45, 2.75) is 45.2 Å². The minimum absolute atomic E-state index is 0.0668. The molecule has 0 aliphatic carbocycles. The molecular weight excluding hydrogens is 368 g/mol. The Bertz CT molecular complexity index is 759. The number of benzene rings is 2. The molecule has 156 valence electrons. The van der Waals surface area contributed by atoms with E-state index in [1.807, 2.05) is 50.2 Å². The third kappa shape index (κ3) is 7.10. The number of anilines is 2. The van der Waals surface area contributed by atoms with E-state index >= 15 is 0 Å². The zero-order chi connectivity index (χ0) is 21.2. The molecule has 0 heterocycles. The lowest BCUT2D eigenvalue weighted by atomic mass is 10.0. The van der Waals surface area contributed by atoms with Crippen molar-refractivity contribution in [1.82, 2.24) is 10.9 Å². The van der Waals surface area contributed by atoms with Gasteiger partial charge in [-0.2, -0.15) is 0 Å². The van der Waals surface area contributed by atoms with Crippen molar-refractivity contribution >= 4 is 23.2 Å². The highest BCUT2D eigenvalue weighted by molar-refractivity contribution is 5.77. The van der Waals surface area contributed by atoms with Crippen molar-refractivity contribution in [3.05, 3.63) is 59.7 Å². The van der Waals surface area contributed by atoms with Crippen LogP contribution in [0.5, 0.6) is 0 Å². The second kappa shape index (κ2) is 11.0. The first-order chi connectivity index (χ1) is 13.9. The van der Waals surface area contributed by atoms with Crippen LogP contribution in [0.4, 0.5) is 11.4 Å². The SMILES string of the molecule is CC(CC(=O)NN)Nc1ccccc1Cc1ccccc1NC(C)CC(=O)NN. The third-order valence-corrected chi connectivity index (χ3v) is 4.52. The average Bonchev–Trinajstić information content (AvgIpc) is 2.70. The highest BCUT2D eigenvalue weighted by Crippen LogP contribution is 2.25. The molecule has 8 nitrogen and oxygen atoms in total. The molecular formula is C21H30N6O2. The van der Waals surface area contributed by atoms with Gasteiger partial charge in [-0.25, -0.2) is 11.7 Å². The first kappa shape index (κ1) is 22.2. The van der Waals surface area contributed by atoms with Crippen LogP contribution in [-0.4, -0.2) is 23.9 Å². The number of nitrogens with one attached hydrogen (secondary N) is 4. The summed E-state index contributed by atoms with van der Waals surface area (Å²) in [5, 5.41) is 6.77. The molecule has 0 aromatic heterocycles. The Balaban J connectivity index is 2.14. The zero-order valence-corrected chi connectivity index (χ0v) is 16.9. The second-order valence-electron chi connectivity index (χ2n) is 7.13. The van der Waals surface area contributed by atoms with Crippen molar-refractivity contribution in [3.63, 3.8) is 0 Å². The molecule has 0 aliphatic heterocycles. The summed E-state index contributed by atoms with van der Waals surface area (Å²) in [6.45, 7) is 3.87. The second-order valence-corrected chi connectivity index (χ2v) is 7.13. The average molecular weight is 399 g/mol. The van der Waals surface area contributed by atoms with Crippen LogP contribution in [0, 0.1) is 0 Å². The maximum absolute atomic E-state index is 11.5. The van der Waals surface area contributed by atoms with Gasteiger partial charge in [0.25, 0.3) is 0 Å². The van der Waals surface area contributed by atoms with Gasteiger partial charge in [0.2, 0.25) is 11.8 Å². The maximum atomic E-state index is 11.5. The number of hydrazine groups is 2. The van der Waals surface area contributed by atoms with Crippen LogP contribution in [0.25, 0.3) is 0 Å². The molecule has 2 aromatic rings. The molecule has 0 spiro atoms. The highest BCUT2D eigenvalue weighted by atomic mass is 16.2. The smallest absolute Gasteiger partial charge is 0.235 e. The summed E-state index contributed by atoms with van der Waals surface area (Å²) < 4.78 is 0. The molecule has 0 fully saturated rings. The maximum Gasteiger partial charge on any atom is 0.235 e. The first-order valence-corrected chi connectivity index (χ1v) is 9.60. The Hall–Kier alpha value is -3.10. The number of hydrogen-bond acceptors (Lipinski definition) is 6. The van der Waals surface area contributed by atoms with E-state index in [1.54, 1.807) is 0 Å². The van der Waals surface area contributed by atoms with Gasteiger partial charge in [0, 0.05) is 42.7 Å². The van der Waals surface area contributed by atoms with Gasteiger partial charge in [-0.05, 0) is 37.1 Å². The van der Waals surface area contributed by atoms with Crippen LogP contribution < -0.4 is 33.2 Å². The molecule has 0 saturated carbocycles. The summed E-state index contributed by atoms with van der Waals surface area (Å²) in [6, 6.07) is 15.9. The molecule has 0 radical (unpaired) electrons. The van der Waals surface area contributed by atoms with Gasteiger partial charge < -0.3 is 10.6 Å². The summed E-state index contributed by atoms with van der Waals surface area (Å²) in [5.41, 5.74) is 8.46. The largest absolute Gasteiger partial charge is 0.382 e. The van der Waals surface area contributed by atoms with E-state index in [-0.39, 0.29) is 36.7 Å². The Morgan fingerprint density at radius 3 is 1.52 bits per heavy atom. The van der Waals surface area contributed by atoms with Crippen LogP contribution in [0.3, 0.4) is 0 Å². The summed E-state index contributed by atoms with van der Waals surface area (Å²) in [5.74, 6) is 9.92. The molecule has 0 saturated heterocycles. The van der Waals surface area contributed by atoms with E-state index < -0.39 is 0 Å². The summed E-state index contributed by atoms with van der Waals surface area (Å²) in [6.07, 6.45) is 1.26. The third-order valence-electron chi connectivity index (χ3n) is 4.52. The van der Waals surface area contributed by atoms with Crippen LogP contribution in [0.2, 0.25) is 0 Å². The monoisotopic (exact) mass is 398 g/mol. The number of carbonyl (C=O) groups is 2. The van der Waals surface area contributed by atoms with Crippen LogP contribution >= 0.6 is 0 Å². The number of nitrogens with two attached hydrogens (primary N) is 2. The van der Waals surface area contributed by atoms with Gasteiger partial charge >= 0.3 is 0 Å². The van der Waals surface area contributed by atoms with Crippen molar-refractivity contribution in [3.8, 4) is 0 Å². The number of amides is 2. The Morgan fingerprint density at radius 1 is 0.759 bits per heavy atom. The lowest BCUT2D eigenvalue weighted by molar-refractivity contribution is -0.122. The van der Waals surface area contributed by atoms with Crippen LogP contribution in [-0.2, 0) is 16.0 Å². The minimum atomic E-state index is -0.215. The molecule has 0 bridgehead atoms. The topological polar surface area (TPSA) is 134 Å². The molecule has 29 heavy (non-hydrogen) atoms. The molecule has 8 N–H and O–H groups in total. The van der Waals surface area contributed by atoms with Gasteiger partial charge in [-0.1, -0.05) is 36.4 Å². The fourth-order valence-electron chi connectivity index (χ4n) is 3.14. The normalized spacial score (nSPS) is 12.6. The standard InChI is InChI=1S/C21H30N6O2/c1-14(11-20(28)26-22)24-18-9-5-3-7-16(18)13-17-8-4-6-10-19(17)25-15(2)12-21(29)27-23/h3-10,14-15,24-25H,11-13,22-23H2,1-2H3,(H,26,28)(H,27,29). The van der Waals surface area contributed by atoms with Crippen LogP contribution in [0.15, 0.2) is 48.5 Å². The molecule has 2 amide bonds. The van der Waals surface area contributed by atoms with E-state index in [0.717, 1.165) is 22.5 Å². The lowest BCUT2D eigenvalue weighted by Gasteiger charge is -2.20. The van der Waals surface area contributed by atoms with Crippen molar-refractivity contribution < 1.29 is 9.59 Å². The van der Waals surface area contributed by atoms with E-state index in [1.165, 1.54) is 0 Å². The summed E-state index contributed by atoms with van der Waals surface area (Å²) >= 11 is 0. The highest BCUT2D eigenvalue weighted by Gasteiger charge is 2.13. The molecule has 2 atom stereocenters. The minimum Gasteiger partial charge on any atom is -0.382 e. The lowest BCUT2D eigenvalue weighted by Crippen LogP contribution is -2.34. The Kier molecular flexibility index (Phi) is 8.45. The number of rotatable bonds is 10. The summed E-state index contributed by atoms with van der Waals surface area (Å²) in [4.78, 5) is 23.0. The van der Waals surface area contributed by atoms with Crippen molar-refractivity contribution in [1.29, 1.82) is 0 Å². The van der Waals surface area contributed by atoms with Gasteiger partial charge in [0.05, 0.1) is 0 Å². The Labute approximate surface area is 171 Å². The van der Waals surface area contributed by atoms with Crippen LogP contribution in [0.1, 0.15) is 37.8 Å². The van der Waals surface area contributed by atoms with E-state index in [4.69, 9.17) is 11.7 Å². The van der Waals surface area contributed by atoms with Gasteiger partial charge in [-0.15, -0.1) is 0 Å². The predicted octanol–water partition coefficient (Wildman–Crippen LogP) is 1.64. The number of carbonyl (C=O) groups excluding carboxylic acids is 2. The van der Waals surface area contributed by atoms with Gasteiger partial charge in [-0.3, -0.25) is 20.4 Å². The number of hydrogen-bond donors (Lipinski definition) is 6. The molecule has 8 heteroatoms. The summed E-state index contributed by atoms with van der Waals surface area (Å²) in [7, 11) is 0.